The minimum Gasteiger partial charge on any atom is -0.348 e. The summed E-state index contributed by atoms with van der Waals surface area (Å²) in [6, 6.07) is 14.0. The first-order valence-electron chi connectivity index (χ1n) is 8.42. The van der Waals surface area contributed by atoms with Crippen LogP contribution in [0.5, 0.6) is 0 Å². The van der Waals surface area contributed by atoms with Gasteiger partial charge in [0.25, 0.3) is 5.91 Å². The lowest BCUT2D eigenvalue weighted by Gasteiger charge is -2.11. The molecule has 0 aliphatic heterocycles. The average molecular weight is 375 g/mol. The first-order valence-corrected chi connectivity index (χ1v) is 9.90. The molecule has 0 aliphatic carbocycles. The fourth-order valence-corrected chi connectivity index (χ4v) is 3.51. The molecule has 0 fully saturated rings. The quantitative estimate of drug-likeness (QED) is 0.739. The number of benzene rings is 2. The number of amides is 1. The summed E-state index contributed by atoms with van der Waals surface area (Å²) in [5, 5.41) is 2.84. The van der Waals surface area contributed by atoms with Crippen LogP contribution in [0.4, 0.5) is 0 Å². The van der Waals surface area contributed by atoms with Gasteiger partial charge in [0, 0.05) is 25.2 Å². The molecule has 0 radical (unpaired) electrons. The number of hydrogen-bond acceptors (Lipinski definition) is 4. The van der Waals surface area contributed by atoms with E-state index in [-0.39, 0.29) is 10.8 Å². The first kappa shape index (κ1) is 20.1. The highest BCUT2D eigenvalue weighted by Crippen LogP contribution is 2.11. The Labute approximate surface area is 155 Å². The molecule has 0 heterocycles. The molecule has 0 bridgehead atoms. The van der Waals surface area contributed by atoms with Gasteiger partial charge >= 0.3 is 0 Å². The second-order valence-electron chi connectivity index (χ2n) is 6.26. The van der Waals surface area contributed by atoms with Crippen LogP contribution < -0.4 is 10.0 Å². The maximum Gasteiger partial charge on any atom is 0.251 e. The van der Waals surface area contributed by atoms with Gasteiger partial charge in [-0.15, -0.1) is 0 Å². The van der Waals surface area contributed by atoms with Crippen molar-refractivity contribution in [3.63, 3.8) is 0 Å². The van der Waals surface area contributed by atoms with Gasteiger partial charge in [0.05, 0.1) is 4.90 Å². The summed E-state index contributed by atoms with van der Waals surface area (Å²) in [5.74, 6) is -0.241. The molecule has 7 heteroatoms. The van der Waals surface area contributed by atoms with Crippen molar-refractivity contribution in [1.29, 1.82) is 0 Å². The van der Waals surface area contributed by atoms with Gasteiger partial charge in [0.1, 0.15) is 0 Å². The molecule has 26 heavy (non-hydrogen) atoms. The molecule has 140 valence electrons. The van der Waals surface area contributed by atoms with Crippen LogP contribution in [-0.2, 0) is 23.1 Å². The molecule has 0 aliphatic rings. The minimum absolute atomic E-state index is 0.146. The summed E-state index contributed by atoms with van der Waals surface area (Å²) in [5.41, 5.74) is 2.64. The lowest BCUT2D eigenvalue weighted by atomic mass is 10.1. The van der Waals surface area contributed by atoms with Gasteiger partial charge in [-0.25, -0.2) is 13.1 Å². The Hall–Kier alpha value is -2.22. The van der Waals surface area contributed by atoms with E-state index in [4.69, 9.17) is 0 Å². The molecule has 0 atom stereocenters. The number of hydrogen-bond donors (Lipinski definition) is 2. The Morgan fingerprint density at radius 3 is 2.08 bits per heavy atom. The summed E-state index contributed by atoms with van der Waals surface area (Å²) in [4.78, 5) is 14.5. The van der Waals surface area contributed by atoms with E-state index in [1.807, 2.05) is 38.4 Å². The van der Waals surface area contributed by atoms with Crippen molar-refractivity contribution in [2.75, 3.05) is 20.6 Å². The van der Waals surface area contributed by atoms with Gasteiger partial charge in [-0.3, -0.25) is 4.79 Å². The lowest BCUT2D eigenvalue weighted by Crippen LogP contribution is -2.24. The van der Waals surface area contributed by atoms with Crippen molar-refractivity contribution in [2.24, 2.45) is 0 Å². The van der Waals surface area contributed by atoms with Gasteiger partial charge in [-0.2, -0.15) is 0 Å². The van der Waals surface area contributed by atoms with Gasteiger partial charge < -0.3 is 10.2 Å². The second-order valence-corrected chi connectivity index (χ2v) is 8.03. The van der Waals surface area contributed by atoms with Crippen molar-refractivity contribution in [3.05, 3.63) is 65.2 Å². The smallest absolute Gasteiger partial charge is 0.251 e. The number of sulfonamides is 1. The lowest BCUT2D eigenvalue weighted by molar-refractivity contribution is 0.0951. The fourth-order valence-electron chi connectivity index (χ4n) is 2.47. The van der Waals surface area contributed by atoms with Crippen LogP contribution in [0.15, 0.2) is 53.4 Å². The Balaban J connectivity index is 1.95. The molecule has 0 unspecified atom stereocenters. The van der Waals surface area contributed by atoms with Crippen LogP contribution in [0.1, 0.15) is 28.4 Å². The monoisotopic (exact) mass is 375 g/mol. The molecular formula is C19H25N3O3S. The second kappa shape index (κ2) is 8.93. The summed E-state index contributed by atoms with van der Waals surface area (Å²) in [7, 11) is 0.528. The van der Waals surface area contributed by atoms with Crippen LogP contribution in [0, 0.1) is 0 Å². The van der Waals surface area contributed by atoms with Crippen molar-refractivity contribution in [1.82, 2.24) is 14.9 Å². The van der Waals surface area contributed by atoms with E-state index < -0.39 is 10.0 Å². The summed E-state index contributed by atoms with van der Waals surface area (Å²) < 4.78 is 26.2. The van der Waals surface area contributed by atoms with Gasteiger partial charge in [-0.05, 0) is 49.5 Å². The molecule has 2 rings (SSSR count). The van der Waals surface area contributed by atoms with Crippen LogP contribution in [-0.4, -0.2) is 39.9 Å². The van der Waals surface area contributed by atoms with Crippen LogP contribution in [0.2, 0.25) is 0 Å². The number of nitrogens with one attached hydrogen (secondary N) is 2. The third-order valence-electron chi connectivity index (χ3n) is 3.74. The number of carbonyl (C=O) groups is 1. The summed E-state index contributed by atoms with van der Waals surface area (Å²) >= 11 is 0. The zero-order valence-electron chi connectivity index (χ0n) is 15.3. The number of carbonyl (C=O) groups excluding carboxylic acids is 1. The Kier molecular flexibility index (Phi) is 6.90. The predicted octanol–water partition coefficient (Wildman–Crippen LogP) is 1.98. The standard InChI is InChI=1S/C19H25N3O3S/c1-4-21-26(24,25)18-11-9-17(10-12-18)19(23)20-13-15-5-7-16(8-6-15)14-22(2)3/h5-12,21H,4,13-14H2,1-3H3,(H,20,23). The Morgan fingerprint density at radius 1 is 0.962 bits per heavy atom. The first-order chi connectivity index (χ1) is 12.3. The van der Waals surface area contributed by atoms with E-state index >= 15 is 0 Å². The van der Waals surface area contributed by atoms with Crippen molar-refractivity contribution in [3.8, 4) is 0 Å². The van der Waals surface area contributed by atoms with Crippen molar-refractivity contribution >= 4 is 15.9 Å². The van der Waals surface area contributed by atoms with E-state index in [2.05, 4.69) is 14.9 Å². The van der Waals surface area contributed by atoms with Crippen LogP contribution >= 0.6 is 0 Å². The zero-order valence-corrected chi connectivity index (χ0v) is 16.1. The van der Waals surface area contributed by atoms with Crippen molar-refractivity contribution in [2.45, 2.75) is 24.9 Å². The number of rotatable bonds is 8. The van der Waals surface area contributed by atoms with Crippen molar-refractivity contribution < 1.29 is 13.2 Å². The van der Waals surface area contributed by atoms with E-state index in [1.54, 1.807) is 6.92 Å². The minimum atomic E-state index is -3.51. The molecule has 2 aromatic carbocycles. The molecule has 2 aromatic rings. The van der Waals surface area contributed by atoms with Crippen LogP contribution in [0.3, 0.4) is 0 Å². The zero-order chi connectivity index (χ0) is 19.2. The number of nitrogens with zero attached hydrogens (tertiary/aromatic N) is 1. The molecule has 0 aromatic heterocycles. The Bertz CT molecular complexity index is 829. The molecule has 0 spiro atoms. The summed E-state index contributed by atoms with van der Waals surface area (Å²) in [6.07, 6.45) is 0. The van der Waals surface area contributed by atoms with E-state index in [1.165, 1.54) is 29.8 Å². The predicted molar refractivity (Wildman–Crippen MR) is 102 cm³/mol. The largest absolute Gasteiger partial charge is 0.348 e. The SMILES string of the molecule is CCNS(=O)(=O)c1ccc(C(=O)NCc2ccc(CN(C)C)cc2)cc1. The highest BCUT2D eigenvalue weighted by atomic mass is 32.2. The molecule has 1 amide bonds. The maximum absolute atomic E-state index is 12.2. The molecular weight excluding hydrogens is 350 g/mol. The molecule has 6 nitrogen and oxygen atoms in total. The van der Waals surface area contributed by atoms with E-state index in [0.29, 0.717) is 18.7 Å². The average Bonchev–Trinajstić information content (AvgIpc) is 2.60. The third kappa shape index (κ3) is 5.66. The normalized spacial score (nSPS) is 11.5. The Morgan fingerprint density at radius 2 is 1.54 bits per heavy atom. The van der Waals surface area contributed by atoms with Crippen LogP contribution in [0.25, 0.3) is 0 Å². The molecule has 0 saturated heterocycles. The fraction of sp³-hybridized carbons (Fsp3) is 0.316. The highest BCUT2D eigenvalue weighted by Gasteiger charge is 2.13. The topological polar surface area (TPSA) is 78.5 Å². The van der Waals surface area contributed by atoms with Gasteiger partial charge in [0.2, 0.25) is 10.0 Å². The van der Waals surface area contributed by atoms with Gasteiger partial charge in [0.15, 0.2) is 0 Å². The summed E-state index contributed by atoms with van der Waals surface area (Å²) in [6.45, 7) is 3.32. The van der Waals surface area contributed by atoms with E-state index in [9.17, 15) is 13.2 Å². The third-order valence-corrected chi connectivity index (χ3v) is 5.30. The maximum atomic E-state index is 12.2. The molecule has 0 saturated carbocycles. The van der Waals surface area contributed by atoms with E-state index in [0.717, 1.165) is 12.1 Å². The molecule has 2 N–H and O–H groups in total. The highest BCUT2D eigenvalue weighted by molar-refractivity contribution is 7.89. The van der Waals surface area contributed by atoms with Gasteiger partial charge in [-0.1, -0.05) is 31.2 Å².